The molecule has 4 N–H and O–H groups in total. The molecule has 0 spiro atoms. The molecule has 1 aromatic carbocycles. The van der Waals surface area contributed by atoms with Crippen LogP contribution in [0.1, 0.15) is 31.9 Å². The molecule has 0 unspecified atom stereocenters. The fraction of sp³-hybridized carbons (Fsp3) is 0.300. The van der Waals surface area contributed by atoms with Gasteiger partial charge in [-0.05, 0) is 32.4 Å². The molecular formula is C20H28N4. The lowest BCUT2D eigenvalue weighted by Crippen LogP contribution is -2.40. The number of hydrogen-bond acceptors (Lipinski definition) is 4. The fourth-order valence-corrected chi connectivity index (χ4v) is 3.03. The molecule has 0 saturated heterocycles. The number of fused-ring (bicyclic) bond motifs is 1. The lowest BCUT2D eigenvalue weighted by Gasteiger charge is -2.35. The second kappa shape index (κ2) is 7.41. The van der Waals surface area contributed by atoms with Gasteiger partial charge in [-0.2, -0.15) is 0 Å². The molecule has 4 nitrogen and oxygen atoms in total. The Balaban J connectivity index is 2.88. The zero-order chi connectivity index (χ0) is 17.9. The van der Waals surface area contributed by atoms with Crippen LogP contribution in [0.4, 0.5) is 0 Å². The third kappa shape index (κ3) is 3.10. The van der Waals surface area contributed by atoms with E-state index in [1.165, 1.54) is 5.56 Å². The van der Waals surface area contributed by atoms with Crippen LogP contribution in [0.15, 0.2) is 66.5 Å². The van der Waals surface area contributed by atoms with Crippen LogP contribution in [0, 0.1) is 0 Å². The van der Waals surface area contributed by atoms with Gasteiger partial charge in [0.25, 0.3) is 0 Å². The van der Waals surface area contributed by atoms with Crippen molar-refractivity contribution in [2.24, 2.45) is 11.6 Å². The Labute approximate surface area is 145 Å². The highest BCUT2D eigenvalue weighted by molar-refractivity contribution is 5.74. The Kier molecular flexibility index (Phi) is 5.52. The van der Waals surface area contributed by atoms with Crippen LogP contribution in [0.2, 0.25) is 0 Å². The zero-order valence-electron chi connectivity index (χ0n) is 14.9. The summed E-state index contributed by atoms with van der Waals surface area (Å²) in [6, 6.07) is 8.30. The van der Waals surface area contributed by atoms with E-state index in [9.17, 15) is 0 Å². The van der Waals surface area contributed by atoms with Crippen molar-refractivity contribution >= 4 is 5.70 Å². The molecule has 24 heavy (non-hydrogen) atoms. The fourth-order valence-electron chi connectivity index (χ4n) is 3.03. The van der Waals surface area contributed by atoms with E-state index in [2.05, 4.69) is 31.0 Å². The predicted octanol–water partition coefficient (Wildman–Crippen LogP) is 3.36. The first-order valence-electron chi connectivity index (χ1n) is 8.32. The molecule has 1 aliphatic rings. The third-order valence-electron chi connectivity index (χ3n) is 4.39. The van der Waals surface area contributed by atoms with Gasteiger partial charge in [0.2, 0.25) is 0 Å². The Morgan fingerprint density at radius 3 is 2.46 bits per heavy atom. The van der Waals surface area contributed by atoms with Crippen LogP contribution in [0.25, 0.3) is 5.70 Å². The Morgan fingerprint density at radius 1 is 1.25 bits per heavy atom. The minimum atomic E-state index is 0.0984. The summed E-state index contributed by atoms with van der Waals surface area (Å²) in [7, 11) is 0. The van der Waals surface area contributed by atoms with E-state index in [1.807, 2.05) is 44.2 Å². The molecule has 0 bridgehead atoms. The highest BCUT2D eigenvalue weighted by Crippen LogP contribution is 2.33. The van der Waals surface area contributed by atoms with Crippen molar-refractivity contribution in [1.82, 2.24) is 9.91 Å². The smallest absolute Gasteiger partial charge is 0.0848 e. The minimum absolute atomic E-state index is 0.0984. The normalized spacial score (nSPS) is 21.1. The summed E-state index contributed by atoms with van der Waals surface area (Å²) in [5, 5.41) is 1.71. The molecule has 0 fully saturated rings. The van der Waals surface area contributed by atoms with Crippen molar-refractivity contribution in [3.63, 3.8) is 0 Å². The highest BCUT2D eigenvalue weighted by atomic mass is 15.4. The first kappa shape index (κ1) is 17.9. The molecule has 0 saturated carbocycles. The Bertz CT molecular complexity index is 697. The summed E-state index contributed by atoms with van der Waals surface area (Å²) in [4.78, 5) is 2.27. The number of benzene rings is 1. The van der Waals surface area contributed by atoms with E-state index < -0.39 is 0 Å². The van der Waals surface area contributed by atoms with Crippen molar-refractivity contribution in [1.29, 1.82) is 0 Å². The predicted molar refractivity (Wildman–Crippen MR) is 102 cm³/mol. The highest BCUT2D eigenvalue weighted by Gasteiger charge is 2.25. The van der Waals surface area contributed by atoms with E-state index in [0.29, 0.717) is 5.70 Å². The van der Waals surface area contributed by atoms with Gasteiger partial charge in [0.15, 0.2) is 0 Å². The van der Waals surface area contributed by atoms with Crippen LogP contribution >= 0.6 is 0 Å². The maximum Gasteiger partial charge on any atom is 0.0848 e. The monoisotopic (exact) mass is 324 g/mol. The quantitative estimate of drug-likeness (QED) is 0.644. The molecule has 2 rings (SSSR count). The number of nitrogens with zero attached hydrogens (tertiary/aromatic N) is 2. The Morgan fingerprint density at radius 2 is 1.92 bits per heavy atom. The van der Waals surface area contributed by atoms with E-state index in [1.54, 1.807) is 5.01 Å². The van der Waals surface area contributed by atoms with Gasteiger partial charge in [-0.25, -0.2) is 5.84 Å². The van der Waals surface area contributed by atoms with E-state index in [0.717, 1.165) is 35.6 Å². The summed E-state index contributed by atoms with van der Waals surface area (Å²) in [5.41, 5.74) is 12.2. The maximum atomic E-state index is 6.59. The second-order valence-corrected chi connectivity index (χ2v) is 6.14. The standard InChI is InChI=1S/C20H28N4/c1-6-16-18(7-2)23(8-3)13-15-11-9-10-12-17(15)19(21)20(16)24(22)14(4)5/h6-7,9-12,14H,1-2,8,13,21-22H2,3-5H3/b18-16-,20-19-. The van der Waals surface area contributed by atoms with Gasteiger partial charge in [-0.1, -0.05) is 43.5 Å². The summed E-state index contributed by atoms with van der Waals surface area (Å²) < 4.78 is 0. The number of rotatable bonds is 5. The van der Waals surface area contributed by atoms with Crippen LogP contribution in [0.5, 0.6) is 0 Å². The lowest BCUT2D eigenvalue weighted by molar-refractivity contribution is 0.296. The summed E-state index contributed by atoms with van der Waals surface area (Å²) >= 11 is 0. The van der Waals surface area contributed by atoms with Gasteiger partial charge < -0.3 is 15.6 Å². The van der Waals surface area contributed by atoms with Gasteiger partial charge in [-0.3, -0.25) is 0 Å². The maximum absolute atomic E-state index is 6.59. The van der Waals surface area contributed by atoms with Crippen LogP contribution in [-0.2, 0) is 6.54 Å². The third-order valence-corrected chi connectivity index (χ3v) is 4.39. The Hall–Kier alpha value is -2.46. The molecule has 1 aliphatic heterocycles. The van der Waals surface area contributed by atoms with Crippen molar-refractivity contribution in [3.8, 4) is 0 Å². The number of nitrogens with two attached hydrogens (primary N) is 2. The van der Waals surface area contributed by atoms with Crippen LogP contribution in [-0.4, -0.2) is 22.5 Å². The molecule has 0 amide bonds. The van der Waals surface area contributed by atoms with Crippen LogP contribution < -0.4 is 11.6 Å². The van der Waals surface area contributed by atoms with Gasteiger partial charge in [0.05, 0.1) is 11.4 Å². The topological polar surface area (TPSA) is 58.5 Å². The summed E-state index contributed by atoms with van der Waals surface area (Å²) in [5.74, 6) is 6.39. The average molecular weight is 324 g/mol. The molecule has 128 valence electrons. The number of likely N-dealkylation sites (N-methyl/N-ethyl adjacent to an activating group) is 1. The summed E-state index contributed by atoms with van der Waals surface area (Å²) in [6.45, 7) is 15.8. The molecule has 0 radical (unpaired) electrons. The SMILES string of the molecule is C=CC1=C(\C=C)N(CC)Cc2ccccc2/C(N)=C\1N(N)C(C)C. The van der Waals surface area contributed by atoms with Crippen molar-refractivity contribution < 1.29 is 0 Å². The molecule has 1 heterocycles. The van der Waals surface area contributed by atoms with Gasteiger partial charge in [0, 0.05) is 36.0 Å². The van der Waals surface area contributed by atoms with Gasteiger partial charge in [-0.15, -0.1) is 0 Å². The second-order valence-electron chi connectivity index (χ2n) is 6.14. The van der Waals surface area contributed by atoms with Crippen LogP contribution in [0.3, 0.4) is 0 Å². The molecule has 1 aromatic rings. The molecule has 0 atom stereocenters. The van der Waals surface area contributed by atoms with Gasteiger partial charge >= 0.3 is 0 Å². The number of allylic oxidation sites excluding steroid dienone is 2. The van der Waals surface area contributed by atoms with Crippen molar-refractivity contribution in [2.75, 3.05) is 6.54 Å². The zero-order valence-corrected chi connectivity index (χ0v) is 14.9. The molecule has 0 aromatic heterocycles. The van der Waals surface area contributed by atoms with E-state index in [-0.39, 0.29) is 6.04 Å². The summed E-state index contributed by atoms with van der Waals surface area (Å²) in [6.07, 6.45) is 3.67. The molecular weight excluding hydrogens is 296 g/mol. The minimum Gasteiger partial charge on any atom is -0.396 e. The van der Waals surface area contributed by atoms with Crippen molar-refractivity contribution in [3.05, 3.63) is 77.7 Å². The first-order chi connectivity index (χ1) is 11.5. The van der Waals surface area contributed by atoms with E-state index in [4.69, 9.17) is 11.6 Å². The van der Waals surface area contributed by atoms with Gasteiger partial charge in [0.1, 0.15) is 0 Å². The van der Waals surface area contributed by atoms with Crippen molar-refractivity contribution in [2.45, 2.75) is 33.4 Å². The first-order valence-corrected chi connectivity index (χ1v) is 8.32. The molecule has 4 heteroatoms. The molecule has 0 aliphatic carbocycles. The largest absolute Gasteiger partial charge is 0.396 e. The number of hydrogen-bond donors (Lipinski definition) is 2. The van der Waals surface area contributed by atoms with E-state index >= 15 is 0 Å². The lowest BCUT2D eigenvalue weighted by atomic mass is 9.95. The number of hydrazine groups is 1. The average Bonchev–Trinajstić information content (AvgIpc) is 2.58.